The summed E-state index contributed by atoms with van der Waals surface area (Å²) < 4.78 is 5.30. The van der Waals surface area contributed by atoms with Gasteiger partial charge in [0, 0.05) is 16.3 Å². The molecular weight excluding hydrogens is 294 g/mol. The molecule has 0 bridgehead atoms. The fourth-order valence-corrected chi connectivity index (χ4v) is 3.14. The molecule has 1 rings (SSSR count). The topological polar surface area (TPSA) is 52.3 Å². The summed E-state index contributed by atoms with van der Waals surface area (Å²) in [6.07, 6.45) is 0. The van der Waals surface area contributed by atoms with E-state index in [1.54, 1.807) is 0 Å². The summed E-state index contributed by atoms with van der Waals surface area (Å²) in [5.41, 5.74) is 6.51. The first-order valence-corrected chi connectivity index (χ1v) is 7.97. The van der Waals surface area contributed by atoms with Crippen LogP contribution in [0.15, 0.2) is 24.3 Å². The molecule has 0 fully saturated rings. The molecule has 1 aromatic carbocycles. The third-order valence-electron chi connectivity index (χ3n) is 2.49. The van der Waals surface area contributed by atoms with E-state index in [1.165, 1.54) is 11.8 Å². The SMILES string of the molecule is CC(N)C(SCC(=O)OC(C)(C)C)c1ccccc1Cl. The monoisotopic (exact) mass is 315 g/mol. The quantitative estimate of drug-likeness (QED) is 0.840. The Hall–Kier alpha value is -0.710. The smallest absolute Gasteiger partial charge is 0.316 e. The summed E-state index contributed by atoms with van der Waals surface area (Å²) in [5.74, 6) is 0.0227. The van der Waals surface area contributed by atoms with Crippen molar-refractivity contribution < 1.29 is 9.53 Å². The molecule has 3 nitrogen and oxygen atoms in total. The molecule has 0 saturated heterocycles. The summed E-state index contributed by atoms with van der Waals surface area (Å²) in [4.78, 5) is 11.8. The Morgan fingerprint density at radius 2 is 2.00 bits per heavy atom. The number of hydrogen-bond donors (Lipinski definition) is 1. The van der Waals surface area contributed by atoms with Crippen LogP contribution in [0.3, 0.4) is 0 Å². The van der Waals surface area contributed by atoms with E-state index >= 15 is 0 Å². The van der Waals surface area contributed by atoms with Crippen molar-refractivity contribution in [2.45, 2.75) is 44.6 Å². The van der Waals surface area contributed by atoms with Gasteiger partial charge in [0.15, 0.2) is 0 Å². The van der Waals surface area contributed by atoms with Gasteiger partial charge in [-0.25, -0.2) is 0 Å². The van der Waals surface area contributed by atoms with Crippen LogP contribution in [0.25, 0.3) is 0 Å². The van der Waals surface area contributed by atoms with E-state index in [-0.39, 0.29) is 23.0 Å². The molecule has 5 heteroatoms. The summed E-state index contributed by atoms with van der Waals surface area (Å²) in [6.45, 7) is 7.47. The number of hydrogen-bond acceptors (Lipinski definition) is 4. The molecular formula is C15H22ClNO2S. The van der Waals surface area contributed by atoms with Gasteiger partial charge in [0.05, 0.1) is 5.75 Å². The number of nitrogens with two attached hydrogens (primary N) is 1. The largest absolute Gasteiger partial charge is 0.459 e. The van der Waals surface area contributed by atoms with Crippen molar-refractivity contribution in [2.24, 2.45) is 5.73 Å². The van der Waals surface area contributed by atoms with Gasteiger partial charge in [0.25, 0.3) is 0 Å². The maximum absolute atomic E-state index is 11.8. The highest BCUT2D eigenvalue weighted by atomic mass is 35.5. The van der Waals surface area contributed by atoms with Crippen LogP contribution in [0.2, 0.25) is 5.02 Å². The summed E-state index contributed by atoms with van der Waals surface area (Å²) >= 11 is 7.66. The molecule has 0 spiro atoms. The number of thioether (sulfide) groups is 1. The van der Waals surface area contributed by atoms with E-state index in [0.29, 0.717) is 5.02 Å². The first-order chi connectivity index (χ1) is 9.20. The van der Waals surface area contributed by atoms with Gasteiger partial charge in [-0.1, -0.05) is 29.8 Å². The van der Waals surface area contributed by atoms with Crippen molar-refractivity contribution in [3.63, 3.8) is 0 Å². The van der Waals surface area contributed by atoms with Gasteiger partial charge in [0.1, 0.15) is 5.60 Å². The zero-order valence-electron chi connectivity index (χ0n) is 12.4. The number of carbonyl (C=O) groups is 1. The third kappa shape index (κ3) is 5.73. The Balaban J connectivity index is 2.71. The van der Waals surface area contributed by atoms with Gasteiger partial charge in [-0.2, -0.15) is 0 Å². The van der Waals surface area contributed by atoms with Crippen molar-refractivity contribution in [3.05, 3.63) is 34.9 Å². The highest BCUT2D eigenvalue weighted by Crippen LogP contribution is 2.35. The highest BCUT2D eigenvalue weighted by molar-refractivity contribution is 8.00. The second-order valence-electron chi connectivity index (χ2n) is 5.70. The summed E-state index contributed by atoms with van der Waals surface area (Å²) in [5, 5.41) is 0.641. The fourth-order valence-electron chi connectivity index (χ4n) is 1.76. The highest BCUT2D eigenvalue weighted by Gasteiger charge is 2.22. The average Bonchev–Trinajstić information content (AvgIpc) is 2.28. The second kappa shape index (κ2) is 7.34. The van der Waals surface area contributed by atoms with Gasteiger partial charge in [0.2, 0.25) is 0 Å². The minimum atomic E-state index is -0.466. The zero-order valence-corrected chi connectivity index (χ0v) is 13.9. The molecule has 1 aromatic rings. The van der Waals surface area contributed by atoms with E-state index in [4.69, 9.17) is 22.1 Å². The molecule has 0 aromatic heterocycles. The van der Waals surface area contributed by atoms with Crippen LogP contribution < -0.4 is 5.73 Å². The van der Waals surface area contributed by atoms with Crippen molar-refractivity contribution in [2.75, 3.05) is 5.75 Å². The summed E-state index contributed by atoms with van der Waals surface area (Å²) in [7, 11) is 0. The second-order valence-corrected chi connectivity index (χ2v) is 7.24. The first kappa shape index (κ1) is 17.3. The average molecular weight is 316 g/mol. The lowest BCUT2D eigenvalue weighted by Crippen LogP contribution is -2.27. The molecule has 0 aliphatic carbocycles. The van der Waals surface area contributed by atoms with Crippen molar-refractivity contribution in [3.8, 4) is 0 Å². The predicted octanol–water partition coefficient (Wildman–Crippen LogP) is 3.80. The van der Waals surface area contributed by atoms with Gasteiger partial charge in [-0.05, 0) is 39.3 Å². The third-order valence-corrected chi connectivity index (χ3v) is 4.28. The molecule has 2 N–H and O–H groups in total. The Morgan fingerprint density at radius 1 is 1.40 bits per heavy atom. The van der Waals surface area contributed by atoms with E-state index in [2.05, 4.69) is 0 Å². The lowest BCUT2D eigenvalue weighted by Gasteiger charge is -2.23. The van der Waals surface area contributed by atoms with Crippen LogP contribution in [0.5, 0.6) is 0 Å². The molecule has 20 heavy (non-hydrogen) atoms. The Morgan fingerprint density at radius 3 is 2.50 bits per heavy atom. The molecule has 0 aliphatic heterocycles. The van der Waals surface area contributed by atoms with Gasteiger partial charge < -0.3 is 10.5 Å². The van der Waals surface area contributed by atoms with Gasteiger partial charge in [-0.15, -0.1) is 11.8 Å². The number of carbonyl (C=O) groups excluding carboxylic acids is 1. The number of halogens is 1. The molecule has 0 radical (unpaired) electrons. The zero-order chi connectivity index (χ0) is 15.3. The fraction of sp³-hybridized carbons (Fsp3) is 0.533. The number of benzene rings is 1. The van der Waals surface area contributed by atoms with Crippen LogP contribution in [0.4, 0.5) is 0 Å². The molecule has 0 heterocycles. The van der Waals surface area contributed by atoms with Crippen LogP contribution in [0.1, 0.15) is 38.5 Å². The van der Waals surface area contributed by atoms with E-state index < -0.39 is 5.60 Å². The standard InChI is InChI=1S/C15H22ClNO2S/c1-10(17)14(11-7-5-6-8-12(11)16)20-9-13(18)19-15(2,3)4/h5-8,10,14H,9,17H2,1-4H3. The lowest BCUT2D eigenvalue weighted by molar-refractivity contribution is -0.151. The molecule has 2 atom stereocenters. The number of ether oxygens (including phenoxy) is 1. The number of rotatable bonds is 5. The maximum Gasteiger partial charge on any atom is 0.316 e. The Kier molecular flexibility index (Phi) is 6.37. The van der Waals surface area contributed by atoms with Crippen molar-refractivity contribution in [1.29, 1.82) is 0 Å². The first-order valence-electron chi connectivity index (χ1n) is 6.54. The summed E-state index contributed by atoms with van der Waals surface area (Å²) in [6, 6.07) is 7.47. The van der Waals surface area contributed by atoms with E-state index in [0.717, 1.165) is 5.56 Å². The number of esters is 1. The van der Waals surface area contributed by atoms with Crippen LogP contribution in [0, 0.1) is 0 Å². The Bertz CT molecular complexity index is 457. The molecule has 0 aliphatic rings. The van der Waals surface area contributed by atoms with E-state index in [1.807, 2.05) is 52.0 Å². The normalized spacial score (nSPS) is 14.7. The predicted molar refractivity (Wildman–Crippen MR) is 86.1 cm³/mol. The van der Waals surface area contributed by atoms with Gasteiger partial charge in [-0.3, -0.25) is 4.79 Å². The molecule has 0 amide bonds. The minimum absolute atomic E-state index is 0.0313. The molecule has 0 saturated carbocycles. The van der Waals surface area contributed by atoms with Crippen molar-refractivity contribution in [1.82, 2.24) is 0 Å². The molecule has 2 unspecified atom stereocenters. The van der Waals surface area contributed by atoms with Gasteiger partial charge >= 0.3 is 5.97 Å². The minimum Gasteiger partial charge on any atom is -0.459 e. The lowest BCUT2D eigenvalue weighted by atomic mass is 10.1. The van der Waals surface area contributed by atoms with E-state index in [9.17, 15) is 4.79 Å². The van der Waals surface area contributed by atoms with Crippen LogP contribution in [-0.2, 0) is 9.53 Å². The maximum atomic E-state index is 11.8. The molecule has 112 valence electrons. The van der Waals surface area contributed by atoms with Crippen molar-refractivity contribution >= 4 is 29.3 Å². The van der Waals surface area contributed by atoms with Crippen LogP contribution in [-0.4, -0.2) is 23.4 Å². The Labute approximate surface area is 130 Å². The van der Waals surface area contributed by atoms with Crippen LogP contribution >= 0.6 is 23.4 Å².